The summed E-state index contributed by atoms with van der Waals surface area (Å²) in [5, 5.41) is 0.269. The zero-order chi connectivity index (χ0) is 24.1. The summed E-state index contributed by atoms with van der Waals surface area (Å²) in [6.07, 6.45) is 4.40. The van der Waals surface area contributed by atoms with Crippen LogP contribution in [0.2, 0.25) is 0 Å². The Hall–Kier alpha value is -3.58. The average Bonchev–Trinajstić information content (AvgIpc) is 2.85. The first-order valence-corrected chi connectivity index (χ1v) is 11.4. The molecule has 0 radical (unpaired) electrons. The van der Waals surface area contributed by atoms with Gasteiger partial charge in [-0.2, -0.15) is 0 Å². The molecule has 4 heteroatoms. The fourth-order valence-electron chi connectivity index (χ4n) is 3.89. The highest BCUT2D eigenvalue weighted by Crippen LogP contribution is 2.24. The molecule has 0 heterocycles. The third-order valence-electron chi connectivity index (χ3n) is 5.90. The molecule has 0 atom stereocenters. The summed E-state index contributed by atoms with van der Waals surface area (Å²) in [4.78, 5) is 0. The number of rotatable bonds is 6. The molecule has 0 saturated heterocycles. The van der Waals surface area contributed by atoms with Crippen molar-refractivity contribution in [3.63, 3.8) is 0 Å². The molecule has 4 rings (SSSR count). The van der Waals surface area contributed by atoms with Gasteiger partial charge in [-0.3, -0.25) is 0 Å². The third kappa shape index (κ3) is 5.48. The maximum absolute atomic E-state index is 14.4. The smallest absolute Gasteiger partial charge is 0.195 e. The Kier molecular flexibility index (Phi) is 7.33. The van der Waals surface area contributed by atoms with Crippen LogP contribution in [0.4, 0.5) is 17.6 Å². The van der Waals surface area contributed by atoms with E-state index in [0.29, 0.717) is 17.5 Å². The molecule has 0 fully saturated rings. The van der Waals surface area contributed by atoms with E-state index in [0.717, 1.165) is 48.4 Å². The van der Waals surface area contributed by atoms with Crippen molar-refractivity contribution in [1.29, 1.82) is 0 Å². The molecule has 0 saturated carbocycles. The van der Waals surface area contributed by atoms with Gasteiger partial charge in [-0.25, -0.2) is 17.6 Å². The number of hydrogen-bond acceptors (Lipinski definition) is 0. The second kappa shape index (κ2) is 10.6. The molecule has 0 aromatic heterocycles. The average molecular weight is 461 g/mol. The molecular weight excluding hydrogens is 436 g/mol. The summed E-state index contributed by atoms with van der Waals surface area (Å²) in [6, 6.07) is 18.7. The summed E-state index contributed by atoms with van der Waals surface area (Å²) in [7, 11) is 0. The molecule has 0 nitrogen and oxygen atoms in total. The number of hydrogen-bond donors (Lipinski definition) is 0. The van der Waals surface area contributed by atoms with Crippen LogP contribution in [0.15, 0.2) is 66.7 Å². The van der Waals surface area contributed by atoms with Crippen LogP contribution in [-0.2, 0) is 19.3 Å². The SMILES string of the molecule is CCCCc1ccc(CCc2ccc(C#Cc3ccc4c(F)c(F)c(F)cc4c3)cc2)c(F)c1. The van der Waals surface area contributed by atoms with E-state index in [1.165, 1.54) is 12.1 Å². The first-order chi connectivity index (χ1) is 16.4. The van der Waals surface area contributed by atoms with Crippen molar-refractivity contribution >= 4 is 10.8 Å². The monoisotopic (exact) mass is 460 g/mol. The Balaban J connectivity index is 1.42. The lowest BCUT2D eigenvalue weighted by Crippen LogP contribution is -1.97. The van der Waals surface area contributed by atoms with Crippen LogP contribution in [-0.4, -0.2) is 0 Å². The Morgan fingerprint density at radius 1 is 0.618 bits per heavy atom. The molecule has 0 N–H and O–H groups in total. The zero-order valence-corrected chi connectivity index (χ0v) is 18.9. The second-order valence-corrected chi connectivity index (χ2v) is 8.40. The summed E-state index contributed by atoms with van der Waals surface area (Å²) in [5.74, 6) is 1.96. The number of halogens is 4. The highest BCUT2D eigenvalue weighted by atomic mass is 19.2. The minimum atomic E-state index is -1.47. The maximum Gasteiger partial charge on any atom is 0.195 e. The van der Waals surface area contributed by atoms with Gasteiger partial charge in [0.15, 0.2) is 17.5 Å². The molecule has 0 unspecified atom stereocenters. The lowest BCUT2D eigenvalue weighted by molar-refractivity contribution is 0.453. The predicted molar refractivity (Wildman–Crippen MR) is 129 cm³/mol. The van der Waals surface area contributed by atoms with E-state index in [1.54, 1.807) is 12.1 Å². The number of fused-ring (bicyclic) bond motifs is 1. The first-order valence-electron chi connectivity index (χ1n) is 11.4. The largest absolute Gasteiger partial charge is 0.207 e. The van der Waals surface area contributed by atoms with Crippen molar-refractivity contribution in [3.05, 3.63) is 118 Å². The van der Waals surface area contributed by atoms with Gasteiger partial charge in [-0.1, -0.05) is 55.5 Å². The molecule has 4 aromatic rings. The van der Waals surface area contributed by atoms with Gasteiger partial charge >= 0.3 is 0 Å². The van der Waals surface area contributed by atoms with Crippen molar-refractivity contribution in [2.45, 2.75) is 39.0 Å². The van der Waals surface area contributed by atoms with Gasteiger partial charge in [0.2, 0.25) is 0 Å². The summed E-state index contributed by atoms with van der Waals surface area (Å²) < 4.78 is 55.2. The predicted octanol–water partition coefficient (Wildman–Crippen LogP) is 7.92. The van der Waals surface area contributed by atoms with Crippen molar-refractivity contribution in [2.24, 2.45) is 0 Å². The molecule has 0 spiro atoms. The van der Waals surface area contributed by atoms with Gasteiger partial charge in [0.1, 0.15) is 5.82 Å². The van der Waals surface area contributed by atoms with Gasteiger partial charge in [0.05, 0.1) is 0 Å². The molecule has 0 amide bonds. The molecule has 0 bridgehead atoms. The Morgan fingerprint density at radius 3 is 2.06 bits per heavy atom. The number of aryl methyl sites for hydroxylation is 3. The lowest BCUT2D eigenvalue weighted by atomic mass is 10.00. The highest BCUT2D eigenvalue weighted by molar-refractivity contribution is 5.84. The second-order valence-electron chi connectivity index (χ2n) is 8.40. The first kappa shape index (κ1) is 23.6. The van der Waals surface area contributed by atoms with Crippen LogP contribution >= 0.6 is 0 Å². The minimum Gasteiger partial charge on any atom is -0.207 e. The molecular formula is C30H24F4. The summed E-state index contributed by atoms with van der Waals surface area (Å²) >= 11 is 0. The van der Waals surface area contributed by atoms with E-state index in [1.807, 2.05) is 36.4 Å². The topological polar surface area (TPSA) is 0 Å². The van der Waals surface area contributed by atoms with Gasteiger partial charge in [0.25, 0.3) is 0 Å². The normalized spacial score (nSPS) is 10.9. The molecule has 172 valence electrons. The summed E-state index contributed by atoms with van der Waals surface area (Å²) in [5.41, 5.74) is 4.19. The molecule has 0 aliphatic carbocycles. The molecule has 0 aliphatic rings. The van der Waals surface area contributed by atoms with E-state index in [-0.39, 0.29) is 16.6 Å². The lowest BCUT2D eigenvalue weighted by Gasteiger charge is -2.07. The minimum absolute atomic E-state index is 0.0147. The van der Waals surface area contributed by atoms with Crippen molar-refractivity contribution in [1.82, 2.24) is 0 Å². The van der Waals surface area contributed by atoms with E-state index in [2.05, 4.69) is 18.8 Å². The Labute approximate surface area is 197 Å². The van der Waals surface area contributed by atoms with Crippen LogP contribution in [0.25, 0.3) is 10.8 Å². The number of unbranched alkanes of at least 4 members (excludes halogenated alkanes) is 1. The van der Waals surface area contributed by atoms with Crippen LogP contribution in [0.5, 0.6) is 0 Å². The standard InChI is InChI=1S/C30H24F4/c1-2-3-4-22-12-15-24(27(31)18-22)14-11-21-7-5-20(6-8-21)9-10-23-13-16-26-25(17-23)19-28(32)30(34)29(26)33/h5-8,12-13,15-19H,2-4,11,14H2,1H3. The van der Waals surface area contributed by atoms with Crippen LogP contribution in [0.3, 0.4) is 0 Å². The van der Waals surface area contributed by atoms with Crippen LogP contribution in [0, 0.1) is 35.1 Å². The molecule has 4 aromatic carbocycles. The van der Waals surface area contributed by atoms with Crippen molar-refractivity contribution in [3.8, 4) is 11.8 Å². The Morgan fingerprint density at radius 2 is 1.32 bits per heavy atom. The Bertz CT molecular complexity index is 1380. The van der Waals surface area contributed by atoms with E-state index >= 15 is 0 Å². The fraction of sp³-hybridized carbons (Fsp3) is 0.200. The molecule has 0 aliphatic heterocycles. The third-order valence-corrected chi connectivity index (χ3v) is 5.90. The van der Waals surface area contributed by atoms with E-state index in [4.69, 9.17) is 0 Å². The zero-order valence-electron chi connectivity index (χ0n) is 18.9. The van der Waals surface area contributed by atoms with Gasteiger partial charge in [-0.15, -0.1) is 0 Å². The summed E-state index contributed by atoms with van der Waals surface area (Å²) in [6.45, 7) is 2.12. The van der Waals surface area contributed by atoms with Crippen LogP contribution < -0.4 is 0 Å². The van der Waals surface area contributed by atoms with Crippen molar-refractivity contribution < 1.29 is 17.6 Å². The van der Waals surface area contributed by atoms with Crippen LogP contribution in [0.1, 0.15) is 47.6 Å². The maximum atomic E-state index is 14.4. The van der Waals surface area contributed by atoms with Gasteiger partial charge < -0.3 is 0 Å². The van der Waals surface area contributed by atoms with Crippen molar-refractivity contribution in [2.75, 3.05) is 0 Å². The fourth-order valence-corrected chi connectivity index (χ4v) is 3.89. The van der Waals surface area contributed by atoms with Gasteiger partial charge in [-0.05, 0) is 84.2 Å². The quantitative estimate of drug-likeness (QED) is 0.156. The van der Waals surface area contributed by atoms with E-state index < -0.39 is 17.5 Å². The van der Waals surface area contributed by atoms with Gasteiger partial charge in [0, 0.05) is 16.5 Å². The number of benzene rings is 4. The van der Waals surface area contributed by atoms with E-state index in [9.17, 15) is 17.6 Å². The highest BCUT2D eigenvalue weighted by Gasteiger charge is 2.13. The molecule has 34 heavy (non-hydrogen) atoms.